The van der Waals surface area contributed by atoms with Crippen LogP contribution < -0.4 is 0 Å². The summed E-state index contributed by atoms with van der Waals surface area (Å²) in [7, 11) is 0. The van der Waals surface area contributed by atoms with E-state index in [1.54, 1.807) is 5.57 Å². The number of fused-ring (bicyclic) bond motifs is 1. The molecular weight excluding hydrogens is 172 g/mol. The summed E-state index contributed by atoms with van der Waals surface area (Å²) in [5.74, 6) is 1.71. The van der Waals surface area contributed by atoms with Crippen molar-refractivity contribution in [1.82, 2.24) is 0 Å². The lowest BCUT2D eigenvalue weighted by atomic mass is 9.93. The van der Waals surface area contributed by atoms with E-state index in [2.05, 4.69) is 6.08 Å². The van der Waals surface area contributed by atoms with Gasteiger partial charge in [0, 0.05) is 12.5 Å². The average molecular weight is 192 g/mol. The van der Waals surface area contributed by atoms with Gasteiger partial charge in [0.2, 0.25) is 0 Å². The first-order valence-corrected chi connectivity index (χ1v) is 6.26. The zero-order valence-corrected chi connectivity index (χ0v) is 8.87. The topological polar surface area (TPSA) is 9.23 Å². The maximum atomic E-state index is 5.76. The van der Waals surface area contributed by atoms with Crippen LogP contribution in [0.4, 0.5) is 0 Å². The fourth-order valence-corrected chi connectivity index (χ4v) is 3.16. The summed E-state index contributed by atoms with van der Waals surface area (Å²) < 4.78 is 5.76. The number of allylic oxidation sites excluding steroid dienone is 1. The van der Waals surface area contributed by atoms with Gasteiger partial charge in [-0.1, -0.05) is 18.1 Å². The molecule has 3 atom stereocenters. The molecule has 1 heteroatoms. The minimum atomic E-state index is 0.623. The Morgan fingerprint density at radius 1 is 1.07 bits per heavy atom. The number of hydrogen-bond donors (Lipinski definition) is 0. The summed E-state index contributed by atoms with van der Waals surface area (Å²) >= 11 is 0. The molecule has 1 heterocycles. The van der Waals surface area contributed by atoms with E-state index in [0.717, 1.165) is 18.4 Å². The second-order valence-electron chi connectivity index (χ2n) is 5.10. The summed E-state index contributed by atoms with van der Waals surface area (Å²) in [4.78, 5) is 0. The Bertz CT molecular complexity index is 224. The van der Waals surface area contributed by atoms with E-state index in [4.69, 9.17) is 4.74 Å². The van der Waals surface area contributed by atoms with Crippen LogP contribution in [0.25, 0.3) is 0 Å². The van der Waals surface area contributed by atoms with Crippen LogP contribution in [-0.4, -0.2) is 12.7 Å². The molecule has 1 aliphatic heterocycles. The van der Waals surface area contributed by atoms with Crippen molar-refractivity contribution in [3.05, 3.63) is 11.6 Å². The molecule has 0 N–H and O–H groups in total. The number of ether oxygens (including phenoxy) is 1. The van der Waals surface area contributed by atoms with Gasteiger partial charge in [0.05, 0.1) is 6.10 Å². The van der Waals surface area contributed by atoms with Gasteiger partial charge in [-0.05, 0) is 44.4 Å². The average Bonchev–Trinajstić information content (AvgIpc) is 2.94. The van der Waals surface area contributed by atoms with Gasteiger partial charge in [0.15, 0.2) is 0 Å². The summed E-state index contributed by atoms with van der Waals surface area (Å²) in [6.07, 6.45) is 12.9. The summed E-state index contributed by atoms with van der Waals surface area (Å²) in [6.45, 7) is 1.01. The zero-order chi connectivity index (χ0) is 9.38. The highest BCUT2D eigenvalue weighted by Crippen LogP contribution is 2.49. The fraction of sp³-hybridized carbons (Fsp3) is 0.846. The Balaban J connectivity index is 1.61. The van der Waals surface area contributed by atoms with E-state index in [9.17, 15) is 0 Å². The third-order valence-electron chi connectivity index (χ3n) is 4.07. The summed E-state index contributed by atoms with van der Waals surface area (Å²) in [5, 5.41) is 0. The molecule has 2 aliphatic carbocycles. The van der Waals surface area contributed by atoms with Crippen molar-refractivity contribution in [3.8, 4) is 0 Å². The van der Waals surface area contributed by atoms with E-state index in [1.165, 1.54) is 44.9 Å². The van der Waals surface area contributed by atoms with Crippen LogP contribution in [0.15, 0.2) is 11.6 Å². The monoisotopic (exact) mass is 192 g/mol. The molecule has 3 aliphatic rings. The minimum Gasteiger partial charge on any atom is -0.377 e. The lowest BCUT2D eigenvalue weighted by Crippen LogP contribution is -2.05. The summed E-state index contributed by atoms with van der Waals surface area (Å²) in [6, 6.07) is 0. The molecule has 14 heavy (non-hydrogen) atoms. The largest absolute Gasteiger partial charge is 0.377 e. The highest BCUT2D eigenvalue weighted by molar-refractivity contribution is 5.17. The smallest absolute Gasteiger partial charge is 0.0676 e. The Morgan fingerprint density at radius 2 is 1.93 bits per heavy atom. The third-order valence-corrected chi connectivity index (χ3v) is 4.07. The van der Waals surface area contributed by atoms with E-state index in [-0.39, 0.29) is 0 Å². The standard InChI is InChI=1S/C13H20O/c1-2-5-10(6-3-1)9-12-11-7-4-8-14-13(11)12/h9,11-13H,1-8H2/t11-,12+,13-/m0/s1. The highest BCUT2D eigenvalue weighted by atomic mass is 16.5. The van der Waals surface area contributed by atoms with Gasteiger partial charge in [-0.15, -0.1) is 0 Å². The Hall–Kier alpha value is -0.300. The molecule has 2 saturated carbocycles. The van der Waals surface area contributed by atoms with Crippen LogP contribution in [0.1, 0.15) is 44.9 Å². The van der Waals surface area contributed by atoms with Crippen LogP contribution in [0.3, 0.4) is 0 Å². The molecule has 0 bridgehead atoms. The van der Waals surface area contributed by atoms with Gasteiger partial charge in [-0.3, -0.25) is 0 Å². The Morgan fingerprint density at radius 3 is 2.64 bits per heavy atom. The van der Waals surface area contributed by atoms with Crippen LogP contribution in [0, 0.1) is 11.8 Å². The van der Waals surface area contributed by atoms with Gasteiger partial charge < -0.3 is 4.74 Å². The Labute approximate surface area is 86.5 Å². The van der Waals surface area contributed by atoms with Gasteiger partial charge >= 0.3 is 0 Å². The molecule has 3 rings (SSSR count). The van der Waals surface area contributed by atoms with Crippen LogP contribution in [0.5, 0.6) is 0 Å². The first-order valence-electron chi connectivity index (χ1n) is 6.26. The molecule has 0 unspecified atom stereocenters. The van der Waals surface area contributed by atoms with Crippen LogP contribution in [0.2, 0.25) is 0 Å². The van der Waals surface area contributed by atoms with Crippen molar-refractivity contribution in [2.75, 3.05) is 6.61 Å². The molecule has 78 valence electrons. The van der Waals surface area contributed by atoms with Crippen molar-refractivity contribution >= 4 is 0 Å². The van der Waals surface area contributed by atoms with Crippen molar-refractivity contribution in [3.63, 3.8) is 0 Å². The molecule has 0 aromatic carbocycles. The third kappa shape index (κ3) is 1.63. The molecule has 3 fully saturated rings. The molecule has 0 spiro atoms. The van der Waals surface area contributed by atoms with Gasteiger partial charge in [-0.2, -0.15) is 0 Å². The molecule has 1 saturated heterocycles. The lowest BCUT2D eigenvalue weighted by Gasteiger charge is -2.13. The van der Waals surface area contributed by atoms with Crippen LogP contribution >= 0.6 is 0 Å². The fourth-order valence-electron chi connectivity index (χ4n) is 3.16. The van der Waals surface area contributed by atoms with Crippen molar-refractivity contribution in [2.24, 2.45) is 11.8 Å². The predicted molar refractivity (Wildman–Crippen MR) is 57.1 cm³/mol. The van der Waals surface area contributed by atoms with Crippen LogP contribution in [-0.2, 0) is 4.74 Å². The van der Waals surface area contributed by atoms with Gasteiger partial charge in [0.25, 0.3) is 0 Å². The zero-order valence-electron chi connectivity index (χ0n) is 8.87. The SMILES string of the molecule is C(=C1CCCCC1)[C@@H]1[C@@H]2CCCO[C@H]12. The van der Waals surface area contributed by atoms with Crippen molar-refractivity contribution in [1.29, 1.82) is 0 Å². The molecule has 1 nitrogen and oxygen atoms in total. The first-order chi connectivity index (χ1) is 6.95. The summed E-state index contributed by atoms with van der Waals surface area (Å²) in [5.41, 5.74) is 1.74. The lowest BCUT2D eigenvalue weighted by molar-refractivity contribution is 0.0771. The molecule has 0 amide bonds. The maximum Gasteiger partial charge on any atom is 0.0676 e. The van der Waals surface area contributed by atoms with Gasteiger partial charge in [0.1, 0.15) is 0 Å². The van der Waals surface area contributed by atoms with Gasteiger partial charge in [-0.25, -0.2) is 0 Å². The Kier molecular flexibility index (Phi) is 2.36. The second-order valence-corrected chi connectivity index (χ2v) is 5.10. The van der Waals surface area contributed by atoms with Crippen molar-refractivity contribution < 1.29 is 4.74 Å². The minimum absolute atomic E-state index is 0.623. The first kappa shape index (κ1) is 8.96. The molecular formula is C13H20O. The maximum absolute atomic E-state index is 5.76. The number of hydrogen-bond acceptors (Lipinski definition) is 1. The second kappa shape index (κ2) is 3.69. The predicted octanol–water partition coefficient (Wildman–Crippen LogP) is 3.30. The highest BCUT2D eigenvalue weighted by Gasteiger charge is 2.50. The molecule has 0 aromatic rings. The van der Waals surface area contributed by atoms with E-state index in [0.29, 0.717) is 6.10 Å². The molecule has 0 aromatic heterocycles. The normalized spacial score (nSPS) is 41.7. The van der Waals surface area contributed by atoms with Crippen molar-refractivity contribution in [2.45, 2.75) is 51.0 Å². The number of rotatable bonds is 1. The molecule has 0 radical (unpaired) electrons. The van der Waals surface area contributed by atoms with E-state index >= 15 is 0 Å². The quantitative estimate of drug-likeness (QED) is 0.579. The van der Waals surface area contributed by atoms with E-state index < -0.39 is 0 Å². The van der Waals surface area contributed by atoms with E-state index in [1.807, 2.05) is 0 Å².